The molecular weight excluding hydrogens is 248 g/mol. The molecule has 3 unspecified atom stereocenters. The third-order valence-corrected chi connectivity index (χ3v) is 4.68. The van der Waals surface area contributed by atoms with E-state index in [1.165, 1.54) is 31.4 Å². The molecule has 3 rings (SSSR count). The zero-order chi connectivity index (χ0) is 13.8. The molecule has 3 atom stereocenters. The van der Waals surface area contributed by atoms with E-state index in [1.54, 1.807) is 0 Å². The molecule has 2 N–H and O–H groups in total. The van der Waals surface area contributed by atoms with Crippen LogP contribution in [0.15, 0.2) is 30.3 Å². The van der Waals surface area contributed by atoms with Gasteiger partial charge in [0.1, 0.15) is 0 Å². The van der Waals surface area contributed by atoms with E-state index in [1.807, 2.05) is 0 Å². The Kier molecular flexibility index (Phi) is 4.71. The standard InChI is InChI=1S/C17H26N2O/c20-17-10-4-9-16(17)18-15-8-5-11-19(13-15)12-14-6-2-1-3-7-14/h1-3,6-7,15-18,20H,4-5,8-13H2. The van der Waals surface area contributed by atoms with Crippen LogP contribution in [0.25, 0.3) is 0 Å². The third-order valence-electron chi connectivity index (χ3n) is 4.68. The number of hydrogen-bond acceptors (Lipinski definition) is 3. The predicted octanol–water partition coefficient (Wildman–Crippen LogP) is 2.15. The number of benzene rings is 1. The molecule has 0 spiro atoms. The van der Waals surface area contributed by atoms with E-state index >= 15 is 0 Å². The molecule has 1 saturated heterocycles. The summed E-state index contributed by atoms with van der Waals surface area (Å²) in [5, 5.41) is 13.6. The van der Waals surface area contributed by atoms with E-state index in [2.05, 4.69) is 40.5 Å². The molecule has 1 aromatic carbocycles. The van der Waals surface area contributed by atoms with Gasteiger partial charge in [-0.25, -0.2) is 0 Å². The van der Waals surface area contributed by atoms with E-state index in [0.29, 0.717) is 12.1 Å². The Hall–Kier alpha value is -0.900. The first-order valence-corrected chi connectivity index (χ1v) is 8.01. The van der Waals surface area contributed by atoms with Crippen LogP contribution < -0.4 is 5.32 Å². The monoisotopic (exact) mass is 274 g/mol. The number of aliphatic hydroxyl groups excluding tert-OH is 1. The lowest BCUT2D eigenvalue weighted by Crippen LogP contribution is -2.50. The van der Waals surface area contributed by atoms with Crippen LogP contribution in [0.3, 0.4) is 0 Å². The van der Waals surface area contributed by atoms with Crippen molar-refractivity contribution in [3.63, 3.8) is 0 Å². The molecule has 2 fully saturated rings. The highest BCUT2D eigenvalue weighted by Gasteiger charge is 2.29. The summed E-state index contributed by atoms with van der Waals surface area (Å²) in [7, 11) is 0. The Morgan fingerprint density at radius 3 is 2.70 bits per heavy atom. The average Bonchev–Trinajstić information content (AvgIpc) is 2.86. The number of nitrogens with zero attached hydrogens (tertiary/aromatic N) is 1. The van der Waals surface area contributed by atoms with Gasteiger partial charge in [0.25, 0.3) is 0 Å². The number of piperidine rings is 1. The summed E-state index contributed by atoms with van der Waals surface area (Å²) in [6.45, 7) is 3.35. The summed E-state index contributed by atoms with van der Waals surface area (Å²) < 4.78 is 0. The fraction of sp³-hybridized carbons (Fsp3) is 0.647. The van der Waals surface area contributed by atoms with Crippen molar-refractivity contribution in [2.24, 2.45) is 0 Å². The van der Waals surface area contributed by atoms with Crippen molar-refractivity contribution >= 4 is 0 Å². The summed E-state index contributed by atoms with van der Waals surface area (Å²) >= 11 is 0. The van der Waals surface area contributed by atoms with E-state index in [4.69, 9.17) is 0 Å². The second-order valence-electron chi connectivity index (χ2n) is 6.33. The maximum absolute atomic E-state index is 9.94. The summed E-state index contributed by atoms with van der Waals surface area (Å²) in [6.07, 6.45) is 5.65. The first-order valence-electron chi connectivity index (χ1n) is 8.01. The minimum Gasteiger partial charge on any atom is -0.392 e. The van der Waals surface area contributed by atoms with Crippen molar-refractivity contribution in [3.05, 3.63) is 35.9 Å². The van der Waals surface area contributed by atoms with Gasteiger partial charge in [0.2, 0.25) is 0 Å². The molecule has 1 aromatic rings. The van der Waals surface area contributed by atoms with Crippen molar-refractivity contribution in [1.82, 2.24) is 10.2 Å². The third kappa shape index (κ3) is 3.60. The summed E-state index contributed by atoms with van der Waals surface area (Å²) in [5.74, 6) is 0. The second-order valence-corrected chi connectivity index (χ2v) is 6.33. The maximum atomic E-state index is 9.94. The number of aliphatic hydroxyl groups is 1. The number of rotatable bonds is 4. The minimum absolute atomic E-state index is 0.125. The summed E-state index contributed by atoms with van der Waals surface area (Å²) in [6, 6.07) is 11.6. The molecule has 2 aliphatic rings. The normalized spacial score (nSPS) is 31.6. The predicted molar refractivity (Wildman–Crippen MR) is 81.5 cm³/mol. The Balaban J connectivity index is 1.51. The van der Waals surface area contributed by atoms with Gasteiger partial charge < -0.3 is 10.4 Å². The molecule has 20 heavy (non-hydrogen) atoms. The lowest BCUT2D eigenvalue weighted by Gasteiger charge is -2.35. The molecule has 0 radical (unpaired) electrons. The van der Waals surface area contributed by atoms with Crippen molar-refractivity contribution in [1.29, 1.82) is 0 Å². The van der Waals surface area contributed by atoms with Gasteiger partial charge in [-0.05, 0) is 44.2 Å². The number of likely N-dealkylation sites (tertiary alicyclic amines) is 1. The van der Waals surface area contributed by atoms with Crippen LogP contribution in [0.5, 0.6) is 0 Å². The van der Waals surface area contributed by atoms with Gasteiger partial charge in [0.15, 0.2) is 0 Å². The van der Waals surface area contributed by atoms with Crippen LogP contribution in [0, 0.1) is 0 Å². The minimum atomic E-state index is -0.125. The summed E-state index contributed by atoms with van der Waals surface area (Å²) in [5.41, 5.74) is 1.40. The molecule has 3 heteroatoms. The lowest BCUT2D eigenvalue weighted by molar-refractivity contribution is 0.121. The first-order chi connectivity index (χ1) is 9.81. The lowest BCUT2D eigenvalue weighted by atomic mass is 10.0. The molecule has 0 amide bonds. The van der Waals surface area contributed by atoms with Crippen LogP contribution in [0.4, 0.5) is 0 Å². The molecule has 0 bridgehead atoms. The van der Waals surface area contributed by atoms with Crippen molar-refractivity contribution < 1.29 is 5.11 Å². The van der Waals surface area contributed by atoms with Gasteiger partial charge in [-0.15, -0.1) is 0 Å². The molecule has 1 aliphatic heterocycles. The largest absolute Gasteiger partial charge is 0.392 e. The van der Waals surface area contributed by atoms with E-state index < -0.39 is 0 Å². The van der Waals surface area contributed by atoms with Gasteiger partial charge in [0, 0.05) is 25.2 Å². The fourth-order valence-electron chi connectivity index (χ4n) is 3.61. The topological polar surface area (TPSA) is 35.5 Å². The highest BCUT2D eigenvalue weighted by Crippen LogP contribution is 2.21. The molecule has 1 aliphatic carbocycles. The molecule has 1 heterocycles. The van der Waals surface area contributed by atoms with Gasteiger partial charge in [0.05, 0.1) is 6.10 Å². The fourth-order valence-corrected chi connectivity index (χ4v) is 3.61. The number of hydrogen-bond donors (Lipinski definition) is 2. The number of nitrogens with one attached hydrogen (secondary N) is 1. The molecule has 3 nitrogen and oxygen atoms in total. The average molecular weight is 274 g/mol. The first kappa shape index (κ1) is 14.1. The molecular formula is C17H26N2O. The van der Waals surface area contributed by atoms with Crippen LogP contribution in [-0.4, -0.2) is 41.3 Å². The highest BCUT2D eigenvalue weighted by molar-refractivity contribution is 5.14. The second kappa shape index (κ2) is 6.70. The summed E-state index contributed by atoms with van der Waals surface area (Å²) in [4.78, 5) is 2.54. The Morgan fingerprint density at radius 1 is 1.10 bits per heavy atom. The Bertz CT molecular complexity index is 409. The smallest absolute Gasteiger partial charge is 0.0693 e. The Morgan fingerprint density at radius 2 is 1.95 bits per heavy atom. The van der Waals surface area contributed by atoms with Gasteiger partial charge in [-0.1, -0.05) is 30.3 Å². The van der Waals surface area contributed by atoms with Crippen molar-refractivity contribution in [2.45, 2.75) is 56.8 Å². The molecule has 0 aromatic heterocycles. The van der Waals surface area contributed by atoms with Crippen LogP contribution in [0.2, 0.25) is 0 Å². The Labute approximate surface area is 122 Å². The SMILES string of the molecule is OC1CCCC1NC1CCCN(Cc2ccccc2)C1. The van der Waals surface area contributed by atoms with E-state index in [-0.39, 0.29) is 6.10 Å². The zero-order valence-corrected chi connectivity index (χ0v) is 12.2. The van der Waals surface area contributed by atoms with Gasteiger partial charge in [-0.2, -0.15) is 0 Å². The highest BCUT2D eigenvalue weighted by atomic mass is 16.3. The van der Waals surface area contributed by atoms with Crippen LogP contribution in [0.1, 0.15) is 37.7 Å². The van der Waals surface area contributed by atoms with Crippen molar-refractivity contribution in [2.75, 3.05) is 13.1 Å². The molecule has 110 valence electrons. The van der Waals surface area contributed by atoms with E-state index in [0.717, 1.165) is 25.9 Å². The van der Waals surface area contributed by atoms with Crippen molar-refractivity contribution in [3.8, 4) is 0 Å². The quantitative estimate of drug-likeness (QED) is 0.883. The zero-order valence-electron chi connectivity index (χ0n) is 12.2. The van der Waals surface area contributed by atoms with E-state index in [9.17, 15) is 5.11 Å². The van der Waals surface area contributed by atoms with Crippen LogP contribution in [-0.2, 0) is 6.54 Å². The van der Waals surface area contributed by atoms with Crippen LogP contribution >= 0.6 is 0 Å². The molecule has 1 saturated carbocycles. The maximum Gasteiger partial charge on any atom is 0.0693 e. The van der Waals surface area contributed by atoms with Gasteiger partial charge >= 0.3 is 0 Å². The van der Waals surface area contributed by atoms with Gasteiger partial charge in [-0.3, -0.25) is 4.90 Å².